The molecule has 1 atom stereocenters. The highest BCUT2D eigenvalue weighted by Crippen LogP contribution is 2.37. The van der Waals surface area contributed by atoms with Crippen LogP contribution in [0.15, 0.2) is 16.9 Å². The Bertz CT molecular complexity index is 753. The molecule has 7 heteroatoms. The van der Waals surface area contributed by atoms with Crippen molar-refractivity contribution >= 4 is 40.1 Å². The van der Waals surface area contributed by atoms with Crippen LogP contribution in [0.25, 0.3) is 10.9 Å². The van der Waals surface area contributed by atoms with E-state index in [9.17, 15) is 14.7 Å². The van der Waals surface area contributed by atoms with Gasteiger partial charge in [0.25, 0.3) is 5.56 Å². The van der Waals surface area contributed by atoms with Crippen molar-refractivity contribution < 1.29 is 14.6 Å². The van der Waals surface area contributed by atoms with Gasteiger partial charge in [-0.05, 0) is 12.1 Å². The van der Waals surface area contributed by atoms with Crippen molar-refractivity contribution in [2.24, 2.45) is 0 Å². The van der Waals surface area contributed by atoms with E-state index in [1.807, 2.05) is 0 Å². The molecule has 5 nitrogen and oxygen atoms in total. The lowest BCUT2D eigenvalue weighted by Gasteiger charge is -2.08. The van der Waals surface area contributed by atoms with E-state index in [2.05, 4.69) is 9.72 Å². The number of hydrogen-bond donors (Lipinski definition) is 2. The molecule has 1 aromatic carbocycles. The number of carbonyl (C=O) groups excluding carboxylic acids is 1. The standard InChI is InChI=1S/C11H5Cl2NO4/c12-3-1-4(13)6-5(2-3)14-9(15)8-7(6)10(16)18-11(8)17/h1-2,10,16H,(H,14,15)/t10-/m0/s1. The molecule has 0 amide bonds. The zero-order valence-corrected chi connectivity index (χ0v) is 10.2. The maximum atomic E-state index is 11.7. The molecule has 2 heterocycles. The van der Waals surface area contributed by atoms with Gasteiger partial charge in [-0.1, -0.05) is 23.2 Å². The zero-order chi connectivity index (χ0) is 13.0. The molecule has 1 aromatic heterocycles. The largest absolute Gasteiger partial charge is 0.428 e. The van der Waals surface area contributed by atoms with E-state index < -0.39 is 17.8 Å². The Labute approximate surface area is 110 Å². The predicted octanol–water partition coefficient (Wildman–Crippen LogP) is 2.00. The first-order valence-electron chi connectivity index (χ1n) is 4.93. The van der Waals surface area contributed by atoms with Gasteiger partial charge in [0.05, 0.1) is 16.1 Å². The summed E-state index contributed by atoms with van der Waals surface area (Å²) in [6, 6.07) is 2.94. The number of halogens is 2. The molecule has 1 aliphatic rings. The number of rotatable bonds is 0. The molecule has 92 valence electrons. The van der Waals surface area contributed by atoms with Crippen LogP contribution in [0, 0.1) is 0 Å². The molecule has 0 spiro atoms. The third-order valence-electron chi connectivity index (χ3n) is 2.74. The Morgan fingerprint density at radius 1 is 1.28 bits per heavy atom. The molecule has 0 unspecified atom stereocenters. The number of nitrogens with one attached hydrogen (secondary N) is 1. The fourth-order valence-corrected chi connectivity index (χ4v) is 2.64. The number of carbonyl (C=O) groups is 1. The van der Waals surface area contributed by atoms with E-state index in [1.165, 1.54) is 12.1 Å². The van der Waals surface area contributed by atoms with E-state index >= 15 is 0 Å². The molecular formula is C11H5Cl2NO4. The summed E-state index contributed by atoms with van der Waals surface area (Å²) < 4.78 is 4.61. The maximum Gasteiger partial charge on any atom is 0.346 e. The first-order chi connectivity index (χ1) is 8.49. The molecule has 2 N–H and O–H groups in total. The van der Waals surface area contributed by atoms with Crippen molar-refractivity contribution in [2.45, 2.75) is 6.29 Å². The van der Waals surface area contributed by atoms with Gasteiger partial charge >= 0.3 is 5.97 Å². The number of aliphatic hydroxyl groups excluding tert-OH is 1. The minimum atomic E-state index is -1.49. The molecule has 0 bridgehead atoms. The van der Waals surface area contributed by atoms with Crippen LogP contribution in [0.3, 0.4) is 0 Å². The van der Waals surface area contributed by atoms with E-state index in [0.29, 0.717) is 15.9 Å². The van der Waals surface area contributed by atoms with Crippen LogP contribution in [-0.2, 0) is 4.74 Å². The number of aromatic amines is 1. The van der Waals surface area contributed by atoms with Crippen molar-refractivity contribution in [3.8, 4) is 0 Å². The number of cyclic esters (lactones) is 1. The number of fused-ring (bicyclic) bond motifs is 3. The second-order valence-corrected chi connectivity index (χ2v) is 4.65. The van der Waals surface area contributed by atoms with Crippen LogP contribution in [0.1, 0.15) is 22.2 Å². The average Bonchev–Trinajstić information content (AvgIpc) is 2.53. The number of hydrogen-bond acceptors (Lipinski definition) is 4. The lowest BCUT2D eigenvalue weighted by atomic mass is 10.0. The monoisotopic (exact) mass is 285 g/mol. The summed E-state index contributed by atoms with van der Waals surface area (Å²) in [5.74, 6) is -0.869. The third kappa shape index (κ3) is 1.45. The average molecular weight is 286 g/mol. The van der Waals surface area contributed by atoms with Gasteiger partial charge in [0.15, 0.2) is 0 Å². The van der Waals surface area contributed by atoms with Crippen molar-refractivity contribution in [2.75, 3.05) is 0 Å². The Morgan fingerprint density at radius 3 is 2.72 bits per heavy atom. The summed E-state index contributed by atoms with van der Waals surface area (Å²) in [4.78, 5) is 25.7. The number of benzene rings is 1. The number of aliphatic hydroxyl groups is 1. The van der Waals surface area contributed by atoms with Gasteiger partial charge in [-0.3, -0.25) is 4.79 Å². The molecule has 0 aliphatic carbocycles. The maximum absolute atomic E-state index is 11.7. The number of aromatic nitrogens is 1. The highest BCUT2D eigenvalue weighted by Gasteiger charge is 2.35. The summed E-state index contributed by atoms with van der Waals surface area (Å²) in [6.45, 7) is 0. The van der Waals surface area contributed by atoms with Gasteiger partial charge in [0.1, 0.15) is 5.56 Å². The van der Waals surface area contributed by atoms with Crippen LogP contribution >= 0.6 is 23.2 Å². The van der Waals surface area contributed by atoms with Crippen LogP contribution in [0.2, 0.25) is 10.0 Å². The molecule has 18 heavy (non-hydrogen) atoms. The van der Waals surface area contributed by atoms with Gasteiger partial charge in [0.2, 0.25) is 6.29 Å². The van der Waals surface area contributed by atoms with Crippen molar-refractivity contribution in [1.82, 2.24) is 4.98 Å². The molecule has 0 saturated heterocycles. The third-order valence-corrected chi connectivity index (χ3v) is 3.25. The Hall–Kier alpha value is -1.56. The van der Waals surface area contributed by atoms with Crippen molar-refractivity contribution in [1.29, 1.82) is 0 Å². The summed E-state index contributed by atoms with van der Waals surface area (Å²) in [5, 5.41) is 10.6. The molecular weight excluding hydrogens is 281 g/mol. The van der Waals surface area contributed by atoms with E-state index in [4.69, 9.17) is 23.2 Å². The molecule has 1 aliphatic heterocycles. The predicted molar refractivity (Wildman–Crippen MR) is 65.0 cm³/mol. The second-order valence-electron chi connectivity index (χ2n) is 3.81. The second kappa shape index (κ2) is 3.71. The van der Waals surface area contributed by atoms with Gasteiger partial charge in [0, 0.05) is 10.4 Å². The minimum Gasteiger partial charge on any atom is -0.428 e. The summed E-state index contributed by atoms with van der Waals surface area (Å²) in [6.07, 6.45) is -1.49. The minimum absolute atomic E-state index is 0.0837. The van der Waals surface area contributed by atoms with E-state index in [0.717, 1.165) is 0 Å². The number of ether oxygens (including phenoxy) is 1. The number of esters is 1. The fourth-order valence-electron chi connectivity index (χ4n) is 2.05. The van der Waals surface area contributed by atoms with Crippen LogP contribution in [-0.4, -0.2) is 16.1 Å². The SMILES string of the molecule is O=C1O[C@H](O)c2c1c(=O)[nH]c1cc(Cl)cc(Cl)c21. The quantitative estimate of drug-likeness (QED) is 0.726. The normalized spacial score (nSPS) is 17.9. The number of H-pyrrole nitrogens is 1. The Kier molecular flexibility index (Phi) is 2.38. The topological polar surface area (TPSA) is 79.4 Å². The smallest absolute Gasteiger partial charge is 0.346 e. The molecule has 0 radical (unpaired) electrons. The van der Waals surface area contributed by atoms with Gasteiger partial charge in [-0.2, -0.15) is 0 Å². The van der Waals surface area contributed by atoms with Gasteiger partial charge in [-0.15, -0.1) is 0 Å². The summed E-state index contributed by atoms with van der Waals surface area (Å²) in [7, 11) is 0. The lowest BCUT2D eigenvalue weighted by Crippen LogP contribution is -2.16. The summed E-state index contributed by atoms with van der Waals surface area (Å²) >= 11 is 11.9. The Morgan fingerprint density at radius 2 is 2.00 bits per heavy atom. The molecule has 0 fully saturated rings. The van der Waals surface area contributed by atoms with E-state index in [1.54, 1.807) is 0 Å². The molecule has 3 rings (SSSR count). The van der Waals surface area contributed by atoms with E-state index in [-0.39, 0.29) is 16.1 Å². The Balaban J connectivity index is 2.56. The molecule has 2 aromatic rings. The molecule has 0 saturated carbocycles. The lowest BCUT2D eigenvalue weighted by molar-refractivity contribution is -0.0540. The first-order valence-corrected chi connectivity index (χ1v) is 5.68. The van der Waals surface area contributed by atoms with Gasteiger partial charge in [-0.25, -0.2) is 4.79 Å². The summed E-state index contributed by atoms with van der Waals surface area (Å²) in [5.41, 5.74) is -0.439. The zero-order valence-electron chi connectivity index (χ0n) is 8.66. The van der Waals surface area contributed by atoms with Crippen LogP contribution in [0.4, 0.5) is 0 Å². The van der Waals surface area contributed by atoms with Crippen LogP contribution in [0.5, 0.6) is 0 Å². The first kappa shape index (κ1) is 11.5. The van der Waals surface area contributed by atoms with Crippen molar-refractivity contribution in [3.05, 3.63) is 43.7 Å². The number of pyridine rings is 1. The highest BCUT2D eigenvalue weighted by atomic mass is 35.5. The van der Waals surface area contributed by atoms with Crippen molar-refractivity contribution in [3.63, 3.8) is 0 Å². The van der Waals surface area contributed by atoms with Crippen LogP contribution < -0.4 is 5.56 Å². The highest BCUT2D eigenvalue weighted by molar-refractivity contribution is 6.39. The fraction of sp³-hybridized carbons (Fsp3) is 0.0909. The van der Waals surface area contributed by atoms with Gasteiger partial charge < -0.3 is 14.8 Å².